The Morgan fingerprint density at radius 1 is 0.953 bits per heavy atom. The number of hydrogen-bond donors (Lipinski definition) is 4. The van der Waals surface area contributed by atoms with Crippen LogP contribution in [0.1, 0.15) is 11.1 Å². The minimum Gasteiger partial charge on any atom is -0.490 e. The summed E-state index contributed by atoms with van der Waals surface area (Å²) in [4.78, 5) is 32.1. The van der Waals surface area contributed by atoms with Gasteiger partial charge in [-0.1, -0.05) is 35.9 Å². The number of aromatic amines is 1. The third-order valence-electron chi connectivity index (χ3n) is 4.78. The minimum absolute atomic E-state index is 0.206. The van der Waals surface area contributed by atoms with E-state index in [4.69, 9.17) is 29.3 Å². The number of halogens is 6. The topological polar surface area (TPSA) is 154 Å². The number of nitrogens with zero attached hydrogens (tertiary/aromatic N) is 2. The van der Waals surface area contributed by atoms with Crippen molar-refractivity contribution in [3.8, 4) is 16.9 Å². The molecule has 0 spiro atoms. The molecule has 0 aliphatic carbocycles. The lowest BCUT2D eigenvalue weighted by atomic mass is 10.1. The number of hydrogen-bond acceptors (Lipinski definition) is 7. The van der Waals surface area contributed by atoms with E-state index in [-0.39, 0.29) is 6.61 Å². The predicted molar refractivity (Wildman–Crippen MR) is 140 cm³/mol. The summed E-state index contributed by atoms with van der Waals surface area (Å²) in [6.45, 7) is 3.46. The monoisotopic (exact) mass is 622 g/mol. The van der Waals surface area contributed by atoms with Gasteiger partial charge in [0.25, 0.3) is 0 Å². The van der Waals surface area contributed by atoms with Crippen LogP contribution < -0.4 is 10.1 Å². The second-order valence-corrected chi connectivity index (χ2v) is 8.65. The lowest BCUT2D eigenvalue weighted by molar-refractivity contribution is -0.193. The molecule has 0 saturated heterocycles. The number of amides is 1. The Balaban J connectivity index is 0.000000548. The number of alkyl halides is 6. The zero-order valence-corrected chi connectivity index (χ0v) is 22.9. The van der Waals surface area contributed by atoms with Gasteiger partial charge in [0.05, 0.1) is 11.9 Å². The highest BCUT2D eigenvalue weighted by molar-refractivity contribution is 5.87. The molecule has 43 heavy (non-hydrogen) atoms. The van der Waals surface area contributed by atoms with Crippen LogP contribution in [0, 0.1) is 6.92 Å². The third-order valence-corrected chi connectivity index (χ3v) is 4.78. The van der Waals surface area contributed by atoms with E-state index >= 15 is 0 Å². The van der Waals surface area contributed by atoms with E-state index in [1.165, 1.54) is 0 Å². The summed E-state index contributed by atoms with van der Waals surface area (Å²) in [5.41, 5.74) is 4.51. The van der Waals surface area contributed by atoms with E-state index in [0.717, 1.165) is 28.8 Å². The number of aryl methyl sites for hydroxylation is 1. The van der Waals surface area contributed by atoms with Gasteiger partial charge in [-0.25, -0.2) is 14.4 Å². The van der Waals surface area contributed by atoms with E-state index in [2.05, 4.69) is 15.5 Å². The first kappa shape index (κ1) is 36.2. The first-order chi connectivity index (χ1) is 19.9. The summed E-state index contributed by atoms with van der Waals surface area (Å²) in [7, 11) is 3.96. The van der Waals surface area contributed by atoms with Gasteiger partial charge in [0.15, 0.2) is 0 Å². The van der Waals surface area contributed by atoms with Crippen LogP contribution in [0.15, 0.2) is 54.9 Å². The van der Waals surface area contributed by atoms with Gasteiger partial charge in [-0.15, -0.1) is 0 Å². The quantitative estimate of drug-likeness (QED) is 0.244. The smallest absolute Gasteiger partial charge is 0.490 e. The van der Waals surface area contributed by atoms with E-state index in [1.54, 1.807) is 12.3 Å². The second kappa shape index (κ2) is 16.6. The van der Waals surface area contributed by atoms with Crippen LogP contribution in [0.2, 0.25) is 0 Å². The maximum Gasteiger partial charge on any atom is 0.490 e. The molecule has 0 fully saturated rings. The maximum atomic E-state index is 12.3. The molecule has 0 saturated carbocycles. The molecule has 236 valence electrons. The number of carboxylic acids is 2. The van der Waals surface area contributed by atoms with E-state index in [1.807, 2.05) is 68.5 Å². The summed E-state index contributed by atoms with van der Waals surface area (Å²) < 4.78 is 74.8. The number of rotatable bonds is 8. The van der Waals surface area contributed by atoms with Crippen molar-refractivity contribution in [1.82, 2.24) is 15.1 Å². The van der Waals surface area contributed by atoms with Gasteiger partial charge in [-0.2, -0.15) is 31.4 Å². The second-order valence-electron chi connectivity index (χ2n) is 8.65. The number of carbonyl (C=O) groups is 3. The third kappa shape index (κ3) is 14.6. The number of benzene rings is 2. The Morgan fingerprint density at radius 2 is 1.56 bits per heavy atom. The molecule has 0 atom stereocenters. The molecule has 0 aliphatic heterocycles. The number of ether oxygens (including phenoxy) is 2. The van der Waals surface area contributed by atoms with E-state index in [9.17, 15) is 31.1 Å². The van der Waals surface area contributed by atoms with Crippen LogP contribution in [0.5, 0.6) is 5.75 Å². The van der Waals surface area contributed by atoms with Gasteiger partial charge in [0.1, 0.15) is 19.0 Å². The lowest BCUT2D eigenvalue weighted by Crippen LogP contribution is -2.21. The molecule has 3 rings (SSSR count). The molecule has 0 unspecified atom stereocenters. The Kier molecular flexibility index (Phi) is 14.0. The highest BCUT2D eigenvalue weighted by Gasteiger charge is 2.38. The van der Waals surface area contributed by atoms with Crippen molar-refractivity contribution in [2.45, 2.75) is 25.9 Å². The predicted octanol–water partition coefficient (Wildman–Crippen LogP) is 5.34. The molecular formula is C26H28F6N4O7. The Hall–Kier alpha value is -4.80. The summed E-state index contributed by atoms with van der Waals surface area (Å²) in [6, 6.07) is 13.5. The van der Waals surface area contributed by atoms with Gasteiger partial charge < -0.3 is 24.6 Å². The molecule has 1 amide bonds. The fourth-order valence-electron chi connectivity index (χ4n) is 2.77. The van der Waals surface area contributed by atoms with Gasteiger partial charge in [0, 0.05) is 18.3 Å². The van der Waals surface area contributed by atoms with Gasteiger partial charge in [-0.05, 0) is 44.3 Å². The van der Waals surface area contributed by atoms with Gasteiger partial charge >= 0.3 is 30.4 Å². The van der Waals surface area contributed by atoms with Gasteiger partial charge in [-0.3, -0.25) is 10.4 Å². The number of nitrogens with one attached hydrogen (secondary N) is 2. The van der Waals surface area contributed by atoms with Crippen LogP contribution in [0.3, 0.4) is 0 Å². The fourth-order valence-corrected chi connectivity index (χ4v) is 2.77. The summed E-state index contributed by atoms with van der Waals surface area (Å²) >= 11 is 0. The zero-order valence-electron chi connectivity index (χ0n) is 22.9. The lowest BCUT2D eigenvalue weighted by Gasteiger charge is -2.16. The number of aromatic nitrogens is 2. The van der Waals surface area contributed by atoms with Crippen molar-refractivity contribution in [3.63, 3.8) is 0 Å². The van der Waals surface area contributed by atoms with Gasteiger partial charge in [0.2, 0.25) is 0 Å². The molecule has 17 heteroatoms. The normalized spacial score (nSPS) is 10.9. The molecule has 1 aromatic heterocycles. The van der Waals surface area contributed by atoms with Crippen molar-refractivity contribution < 1.29 is 60.4 Å². The number of H-pyrrole nitrogens is 1. The minimum atomic E-state index is -5.08. The van der Waals surface area contributed by atoms with Crippen LogP contribution in [0.25, 0.3) is 11.1 Å². The Morgan fingerprint density at radius 3 is 2.05 bits per heavy atom. The fraction of sp³-hybridized carbons (Fsp3) is 0.308. The molecule has 1 heterocycles. The van der Waals surface area contributed by atoms with Crippen LogP contribution in [-0.2, 0) is 20.9 Å². The number of likely N-dealkylation sites (N-methyl/N-ethyl adjacent to an activating group) is 1. The number of aliphatic carboxylic acids is 2. The molecule has 11 nitrogen and oxygen atoms in total. The highest BCUT2D eigenvalue weighted by atomic mass is 19.4. The molecule has 3 aromatic rings. The van der Waals surface area contributed by atoms with E-state index in [0.29, 0.717) is 18.0 Å². The zero-order chi connectivity index (χ0) is 32.8. The largest absolute Gasteiger partial charge is 0.490 e. The number of anilines is 1. The highest BCUT2D eigenvalue weighted by Crippen LogP contribution is 2.31. The first-order valence-electron chi connectivity index (χ1n) is 11.9. The molecule has 0 radical (unpaired) electrons. The summed E-state index contributed by atoms with van der Waals surface area (Å²) in [5, 5.41) is 23.8. The molecule has 4 N–H and O–H groups in total. The van der Waals surface area contributed by atoms with Crippen molar-refractivity contribution in [2.24, 2.45) is 0 Å². The molecule has 0 bridgehead atoms. The van der Waals surface area contributed by atoms with Crippen molar-refractivity contribution in [3.05, 3.63) is 66.0 Å². The van der Waals surface area contributed by atoms with Crippen LogP contribution in [0.4, 0.5) is 36.8 Å². The molecule has 2 aromatic carbocycles. The number of carbonyl (C=O) groups excluding carboxylic acids is 1. The van der Waals surface area contributed by atoms with Crippen LogP contribution >= 0.6 is 0 Å². The SMILES string of the molecule is Cc1cccc(COC(=O)Nc2ccc(-c3cn[nH]c3)cc2OCCN(C)C)c1.O=C(O)C(F)(F)F.O=C(O)C(F)(F)F. The van der Waals surface area contributed by atoms with Crippen molar-refractivity contribution in [2.75, 3.05) is 32.6 Å². The summed E-state index contributed by atoms with van der Waals surface area (Å²) in [6.07, 6.45) is -7.15. The standard InChI is InChI=1S/C22H26N4O3.2C2HF3O2/c1-16-5-4-6-17(11-16)15-29-22(27)25-20-8-7-18(19-13-23-24-14-19)12-21(20)28-10-9-26(2)3;2*3-2(4,5)1(6)7/h4-8,11-14H,9-10,15H2,1-3H3,(H,23,24)(H,25,27);2*(H,6,7). The maximum absolute atomic E-state index is 12.3. The molecular weight excluding hydrogens is 594 g/mol. The van der Waals surface area contributed by atoms with Crippen molar-refractivity contribution >= 4 is 23.7 Å². The Bertz CT molecular complexity index is 1310. The van der Waals surface area contributed by atoms with E-state index < -0.39 is 30.4 Å². The average molecular weight is 623 g/mol. The first-order valence-corrected chi connectivity index (χ1v) is 11.9. The van der Waals surface area contributed by atoms with Crippen molar-refractivity contribution in [1.29, 1.82) is 0 Å². The summed E-state index contributed by atoms with van der Waals surface area (Å²) in [5.74, 6) is -4.93. The van der Waals surface area contributed by atoms with Crippen LogP contribution in [-0.4, -0.2) is 82.9 Å². The average Bonchev–Trinajstić information content (AvgIpc) is 3.43. The number of carboxylic acid groups (broad SMARTS) is 2. The Labute approximate surface area is 241 Å². The molecule has 0 aliphatic rings.